The number of sulfonamides is 1. The zero-order valence-corrected chi connectivity index (χ0v) is 16.5. The molecule has 148 valence electrons. The van der Waals surface area contributed by atoms with Crippen molar-refractivity contribution in [1.29, 1.82) is 0 Å². The first-order valence-corrected chi connectivity index (χ1v) is 10.7. The average Bonchev–Trinajstić information content (AvgIpc) is 2.82. The van der Waals surface area contributed by atoms with Gasteiger partial charge in [-0.2, -0.15) is 0 Å². The zero-order valence-electron chi connectivity index (χ0n) is 15.6. The van der Waals surface area contributed by atoms with E-state index in [0.717, 1.165) is 12.8 Å². The summed E-state index contributed by atoms with van der Waals surface area (Å²) in [6.45, 7) is 1.30. The third kappa shape index (κ3) is 3.50. The second kappa shape index (κ2) is 7.20. The molecule has 28 heavy (non-hydrogen) atoms. The molecule has 2 aliphatic heterocycles. The smallest absolute Gasteiger partial charge is 0.253 e. The van der Waals surface area contributed by atoms with Crippen molar-refractivity contribution in [3.63, 3.8) is 0 Å². The standard InChI is InChI=1S/C20H23N3O4S/c1-27-16-9-7-15(8-10-16)19(24)23-12-4-11-20(14-23)13-21-28(25,26)18-6-3-2-5-17(18)22-20/h2-3,5-10H,4,11-14H2,1H3,(H2-,21,22,25,26). The van der Waals surface area contributed by atoms with Gasteiger partial charge in [-0.3, -0.25) is 4.79 Å². The van der Waals surface area contributed by atoms with E-state index in [2.05, 4.69) is 10.0 Å². The molecule has 0 radical (unpaired) electrons. The number of methoxy groups -OCH3 is 1. The van der Waals surface area contributed by atoms with E-state index in [0.29, 0.717) is 30.1 Å². The van der Waals surface area contributed by atoms with Crippen LogP contribution in [0.25, 0.3) is 0 Å². The molecule has 2 N–H and O–H groups in total. The van der Waals surface area contributed by atoms with E-state index in [9.17, 15) is 13.6 Å². The van der Waals surface area contributed by atoms with Crippen LogP contribution in [-0.4, -0.2) is 47.6 Å². The molecule has 0 aromatic heterocycles. The monoisotopic (exact) mass is 401 g/mol. The Kier molecular flexibility index (Phi) is 4.86. The Hall–Kier alpha value is -2.42. The van der Waals surface area contributed by atoms with Gasteiger partial charge in [0.2, 0.25) is 0 Å². The Morgan fingerprint density at radius 3 is 2.71 bits per heavy atom. The van der Waals surface area contributed by atoms with Crippen molar-refractivity contribution in [2.24, 2.45) is 0 Å². The molecule has 0 aliphatic carbocycles. The molecular formula is C20H23N3O4S. The first kappa shape index (κ1) is 18.9. The minimum Gasteiger partial charge on any atom is -0.593 e. The van der Waals surface area contributed by atoms with E-state index in [1.165, 1.54) is 0 Å². The largest absolute Gasteiger partial charge is 0.593 e. The fourth-order valence-electron chi connectivity index (χ4n) is 3.91. The van der Waals surface area contributed by atoms with Crippen LogP contribution in [0.3, 0.4) is 0 Å². The van der Waals surface area contributed by atoms with E-state index >= 15 is 0 Å². The minimum absolute atomic E-state index is 0.0658. The van der Waals surface area contributed by atoms with Gasteiger partial charge in [0.05, 0.1) is 24.9 Å². The summed E-state index contributed by atoms with van der Waals surface area (Å²) in [6.07, 6.45) is 1.56. The number of anilines is 1. The number of rotatable bonds is 2. The van der Waals surface area contributed by atoms with Crippen molar-refractivity contribution < 1.29 is 18.3 Å². The van der Waals surface area contributed by atoms with Crippen molar-refractivity contribution >= 4 is 22.0 Å². The highest BCUT2D eigenvalue weighted by Crippen LogP contribution is 2.34. The Labute approximate surface area is 165 Å². The number of carbonyl (C=O) groups excluding carboxylic acids is 1. The lowest BCUT2D eigenvalue weighted by Crippen LogP contribution is -2.59. The number of fused-ring (bicyclic) bond motifs is 1. The lowest BCUT2D eigenvalue weighted by Gasteiger charge is -2.42. The fourth-order valence-corrected chi connectivity index (χ4v) is 5.20. The number of carbonyl (C=O) groups is 1. The number of hydrogen-bond donors (Lipinski definition) is 2. The van der Waals surface area contributed by atoms with E-state index < -0.39 is 15.9 Å². The predicted octanol–water partition coefficient (Wildman–Crippen LogP) is 2.29. The number of benzene rings is 2. The molecule has 0 bridgehead atoms. The van der Waals surface area contributed by atoms with Crippen LogP contribution in [0.4, 0.5) is 5.69 Å². The number of hydrogen-bond acceptors (Lipinski definition) is 5. The van der Waals surface area contributed by atoms with Gasteiger partial charge in [-0.05, 0) is 49.2 Å². The molecule has 2 aromatic carbocycles. The van der Waals surface area contributed by atoms with E-state index in [1.807, 2.05) is 6.07 Å². The van der Waals surface area contributed by atoms with E-state index in [4.69, 9.17) is 4.74 Å². The first-order chi connectivity index (χ1) is 13.4. The molecule has 8 heteroatoms. The summed E-state index contributed by atoms with van der Waals surface area (Å²) in [7, 11) is -2.00. The van der Waals surface area contributed by atoms with Crippen molar-refractivity contribution in [2.45, 2.75) is 23.3 Å². The summed E-state index contributed by atoms with van der Waals surface area (Å²) < 4.78 is 33.0. The maximum atomic E-state index is 13.0. The molecular weight excluding hydrogens is 378 g/mol. The van der Waals surface area contributed by atoms with Crippen LogP contribution in [0.1, 0.15) is 23.2 Å². The number of likely N-dealkylation sites (tertiary alicyclic amines) is 1. The Morgan fingerprint density at radius 2 is 1.96 bits per heavy atom. The molecule has 4 rings (SSSR count). The van der Waals surface area contributed by atoms with Crippen LogP contribution in [-0.2, 0) is 14.6 Å². The van der Waals surface area contributed by atoms with E-state index in [1.54, 1.807) is 54.5 Å². The lowest BCUT2D eigenvalue weighted by molar-refractivity contribution is 0.0663. The number of amides is 1. The van der Waals surface area contributed by atoms with Crippen LogP contribution in [0.2, 0.25) is 0 Å². The molecule has 2 aromatic rings. The van der Waals surface area contributed by atoms with Gasteiger partial charge in [0.1, 0.15) is 5.75 Å². The number of nitrogens with zero attached hydrogens (tertiary/aromatic N) is 1. The minimum atomic E-state index is -3.58. The maximum absolute atomic E-state index is 13.0. The van der Waals surface area contributed by atoms with Crippen LogP contribution in [0, 0.1) is 0 Å². The number of para-hydroxylation sites is 1. The van der Waals surface area contributed by atoms with Gasteiger partial charge in [0.25, 0.3) is 5.91 Å². The molecule has 2 aliphatic rings. The molecule has 1 fully saturated rings. The quantitative estimate of drug-likeness (QED) is 0.753. The Bertz CT molecular complexity index is 933. The second-order valence-corrected chi connectivity index (χ2v) is 9.02. The highest BCUT2D eigenvalue weighted by molar-refractivity contribution is 7.96. The summed E-state index contributed by atoms with van der Waals surface area (Å²) in [6, 6.07) is 13.9. The summed E-state index contributed by atoms with van der Waals surface area (Å²) >= 11 is 0. The highest BCUT2D eigenvalue weighted by atomic mass is 32.3. The third-order valence-corrected chi connectivity index (χ3v) is 6.84. The van der Waals surface area contributed by atoms with Gasteiger partial charge in [-0.25, -0.2) is 0 Å². The molecule has 2 atom stereocenters. The molecule has 2 heterocycles. The van der Waals surface area contributed by atoms with Crippen LogP contribution >= 0.6 is 0 Å². The SMILES string of the molecule is COc1ccc(C(=O)N2CCCC3(CN[S+](=O)([O-])c4ccccc4N3)C2)cc1. The molecule has 1 spiro atoms. The molecule has 1 amide bonds. The van der Waals surface area contributed by atoms with Crippen molar-refractivity contribution in [3.05, 3.63) is 54.1 Å². The van der Waals surface area contributed by atoms with Gasteiger partial charge in [-0.15, -0.1) is 4.72 Å². The lowest BCUT2D eigenvalue weighted by atomic mass is 9.88. The highest BCUT2D eigenvalue weighted by Gasteiger charge is 2.43. The summed E-state index contributed by atoms with van der Waals surface area (Å²) in [4.78, 5) is 15.0. The molecule has 2 unspecified atom stereocenters. The van der Waals surface area contributed by atoms with Crippen molar-refractivity contribution in [3.8, 4) is 5.75 Å². The number of ether oxygens (including phenoxy) is 1. The van der Waals surface area contributed by atoms with Crippen LogP contribution < -0.4 is 14.8 Å². The van der Waals surface area contributed by atoms with Gasteiger partial charge >= 0.3 is 0 Å². The first-order valence-electron chi connectivity index (χ1n) is 9.23. The second-order valence-electron chi connectivity index (χ2n) is 7.28. The summed E-state index contributed by atoms with van der Waals surface area (Å²) in [5.74, 6) is 0.632. The zero-order chi connectivity index (χ0) is 19.8. The Morgan fingerprint density at radius 1 is 1.21 bits per heavy atom. The number of nitrogens with one attached hydrogen (secondary N) is 2. The Balaban J connectivity index is 1.59. The van der Waals surface area contributed by atoms with Gasteiger partial charge < -0.3 is 19.5 Å². The van der Waals surface area contributed by atoms with Crippen LogP contribution in [0.5, 0.6) is 5.75 Å². The topological polar surface area (TPSA) is 93.7 Å². The average molecular weight is 401 g/mol. The summed E-state index contributed by atoms with van der Waals surface area (Å²) in [5.41, 5.74) is 0.624. The van der Waals surface area contributed by atoms with Gasteiger partial charge in [0.15, 0.2) is 15.3 Å². The van der Waals surface area contributed by atoms with Gasteiger partial charge in [-0.1, -0.05) is 16.3 Å². The third-order valence-electron chi connectivity index (χ3n) is 5.38. The fraction of sp³-hybridized carbons (Fsp3) is 0.350. The molecule has 1 saturated heterocycles. The molecule has 0 saturated carbocycles. The van der Waals surface area contributed by atoms with Gasteiger partial charge in [0, 0.05) is 18.7 Å². The normalized spacial score (nSPS) is 26.9. The van der Waals surface area contributed by atoms with Crippen molar-refractivity contribution in [2.75, 3.05) is 32.1 Å². The van der Waals surface area contributed by atoms with E-state index in [-0.39, 0.29) is 17.3 Å². The predicted molar refractivity (Wildman–Crippen MR) is 106 cm³/mol. The maximum Gasteiger partial charge on any atom is 0.253 e. The van der Waals surface area contributed by atoms with Crippen molar-refractivity contribution in [1.82, 2.24) is 9.62 Å². The molecule has 7 nitrogen and oxygen atoms in total. The number of piperidine rings is 1. The summed E-state index contributed by atoms with van der Waals surface area (Å²) in [5, 5.41) is 3.43. The van der Waals surface area contributed by atoms with Crippen LogP contribution in [0.15, 0.2) is 53.4 Å².